The van der Waals surface area contributed by atoms with E-state index in [9.17, 15) is 0 Å². The third-order valence-electron chi connectivity index (χ3n) is 3.35. The van der Waals surface area contributed by atoms with Crippen LogP contribution in [0.1, 0.15) is 19.7 Å². The Morgan fingerprint density at radius 1 is 1.37 bits per heavy atom. The van der Waals surface area contributed by atoms with Gasteiger partial charge in [0.15, 0.2) is 5.58 Å². The molecule has 3 rings (SSSR count). The smallest absolute Gasteiger partial charge is 0.209 e. The zero-order valence-corrected chi connectivity index (χ0v) is 12.1. The van der Waals surface area contributed by atoms with Crippen LogP contribution < -0.4 is 5.73 Å². The summed E-state index contributed by atoms with van der Waals surface area (Å²) >= 11 is 2.05. The van der Waals surface area contributed by atoms with E-state index >= 15 is 0 Å². The highest BCUT2D eigenvalue weighted by molar-refractivity contribution is 8.00. The Labute approximate surface area is 117 Å². The van der Waals surface area contributed by atoms with Gasteiger partial charge in [-0.3, -0.25) is 4.90 Å². The molecule has 5 heteroatoms. The maximum Gasteiger partial charge on any atom is 0.209 e. The highest BCUT2D eigenvalue weighted by Crippen LogP contribution is 2.27. The van der Waals surface area contributed by atoms with Gasteiger partial charge >= 0.3 is 0 Å². The number of rotatable bonds is 2. The first-order valence-electron chi connectivity index (χ1n) is 6.63. The number of oxazole rings is 1. The second-order valence-corrected chi connectivity index (χ2v) is 7.13. The number of fused-ring (bicyclic) bond motifs is 1. The minimum atomic E-state index is 0.665. The first-order chi connectivity index (χ1) is 9.11. The molecule has 0 radical (unpaired) electrons. The van der Waals surface area contributed by atoms with E-state index in [1.165, 1.54) is 0 Å². The van der Waals surface area contributed by atoms with Crippen LogP contribution in [-0.4, -0.2) is 33.5 Å². The molecule has 0 saturated carbocycles. The number of hydrogen-bond donors (Lipinski definition) is 1. The molecule has 2 unspecified atom stereocenters. The SMILES string of the molecule is CC1CN(Cc2nc3c(N)cccc3o2)CC(C)S1. The average molecular weight is 277 g/mol. The van der Waals surface area contributed by atoms with Crippen molar-refractivity contribution in [2.45, 2.75) is 30.9 Å². The predicted octanol–water partition coefficient (Wildman–Crippen LogP) is 2.74. The van der Waals surface area contributed by atoms with Crippen LogP contribution in [-0.2, 0) is 6.54 Å². The van der Waals surface area contributed by atoms with Gasteiger partial charge in [0.25, 0.3) is 0 Å². The molecule has 1 aliphatic rings. The fourth-order valence-electron chi connectivity index (χ4n) is 2.69. The maximum atomic E-state index is 5.91. The molecular formula is C14H19N3OS. The summed E-state index contributed by atoms with van der Waals surface area (Å²) in [6.07, 6.45) is 0. The Hall–Kier alpha value is -1.20. The van der Waals surface area contributed by atoms with E-state index in [4.69, 9.17) is 10.2 Å². The van der Waals surface area contributed by atoms with Crippen LogP contribution in [0.5, 0.6) is 0 Å². The number of nitrogens with two attached hydrogens (primary N) is 1. The molecule has 0 spiro atoms. The lowest BCUT2D eigenvalue weighted by atomic mass is 10.3. The van der Waals surface area contributed by atoms with Gasteiger partial charge in [-0.15, -0.1) is 0 Å². The van der Waals surface area contributed by atoms with E-state index in [0.717, 1.165) is 36.6 Å². The summed E-state index contributed by atoms with van der Waals surface area (Å²) in [5, 5.41) is 1.33. The van der Waals surface area contributed by atoms with Crippen LogP contribution in [0.25, 0.3) is 11.1 Å². The number of anilines is 1. The van der Waals surface area contributed by atoms with E-state index in [0.29, 0.717) is 16.2 Å². The Balaban J connectivity index is 1.79. The van der Waals surface area contributed by atoms with Gasteiger partial charge in [0.05, 0.1) is 12.2 Å². The maximum absolute atomic E-state index is 5.91. The summed E-state index contributed by atoms with van der Waals surface area (Å²) in [5.74, 6) is 0.763. The normalized spacial score (nSPS) is 24.9. The average Bonchev–Trinajstić information content (AvgIpc) is 2.71. The zero-order valence-electron chi connectivity index (χ0n) is 11.3. The first kappa shape index (κ1) is 12.8. The molecule has 2 N–H and O–H groups in total. The van der Waals surface area contributed by atoms with Crippen LogP contribution in [0.4, 0.5) is 5.69 Å². The van der Waals surface area contributed by atoms with Crippen molar-refractivity contribution in [3.8, 4) is 0 Å². The Morgan fingerprint density at radius 2 is 2.11 bits per heavy atom. The minimum Gasteiger partial charge on any atom is -0.439 e. The standard InChI is InChI=1S/C14H19N3OS/c1-9-6-17(7-10(2)19-9)8-13-16-14-11(15)4-3-5-12(14)18-13/h3-5,9-10H,6-8,15H2,1-2H3. The van der Waals surface area contributed by atoms with Crippen molar-refractivity contribution in [2.24, 2.45) is 0 Å². The Kier molecular flexibility index (Phi) is 3.41. The lowest BCUT2D eigenvalue weighted by molar-refractivity contribution is 0.239. The van der Waals surface area contributed by atoms with Crippen LogP contribution >= 0.6 is 11.8 Å². The third-order valence-corrected chi connectivity index (χ3v) is 4.58. The molecule has 0 bridgehead atoms. The third kappa shape index (κ3) is 2.72. The highest BCUT2D eigenvalue weighted by Gasteiger charge is 2.23. The molecule has 0 amide bonds. The van der Waals surface area contributed by atoms with Crippen molar-refractivity contribution < 1.29 is 4.42 Å². The lowest BCUT2D eigenvalue weighted by Gasteiger charge is -2.33. The van der Waals surface area contributed by atoms with Gasteiger partial charge in [-0.1, -0.05) is 19.9 Å². The number of nitrogens with zero attached hydrogens (tertiary/aromatic N) is 2. The van der Waals surface area contributed by atoms with Crippen molar-refractivity contribution in [1.82, 2.24) is 9.88 Å². The quantitative estimate of drug-likeness (QED) is 0.855. The molecule has 1 aromatic carbocycles. The number of thioether (sulfide) groups is 1. The van der Waals surface area contributed by atoms with Gasteiger partial charge in [0.1, 0.15) is 5.52 Å². The zero-order chi connectivity index (χ0) is 13.4. The second-order valence-electron chi connectivity index (χ2n) is 5.25. The van der Waals surface area contributed by atoms with Gasteiger partial charge in [-0.25, -0.2) is 4.98 Å². The second kappa shape index (κ2) is 5.06. The van der Waals surface area contributed by atoms with Gasteiger partial charge in [0.2, 0.25) is 5.89 Å². The largest absolute Gasteiger partial charge is 0.439 e. The van der Waals surface area contributed by atoms with E-state index in [2.05, 4.69) is 35.5 Å². The van der Waals surface area contributed by atoms with Crippen LogP contribution in [0.15, 0.2) is 22.6 Å². The summed E-state index contributed by atoms with van der Waals surface area (Å²) in [7, 11) is 0. The number of para-hydroxylation sites is 1. The molecule has 2 heterocycles. The minimum absolute atomic E-state index is 0.665. The van der Waals surface area contributed by atoms with Gasteiger partial charge in [-0.2, -0.15) is 11.8 Å². The molecule has 1 fully saturated rings. The summed E-state index contributed by atoms with van der Waals surface area (Å²) in [4.78, 5) is 6.93. The molecule has 2 aromatic rings. The first-order valence-corrected chi connectivity index (χ1v) is 7.58. The molecule has 1 aliphatic heterocycles. The summed E-state index contributed by atoms with van der Waals surface area (Å²) in [5.41, 5.74) is 8.15. The molecule has 4 nitrogen and oxygen atoms in total. The van der Waals surface area contributed by atoms with Gasteiger partial charge < -0.3 is 10.2 Å². The number of benzene rings is 1. The van der Waals surface area contributed by atoms with Gasteiger partial charge in [-0.05, 0) is 12.1 Å². The van der Waals surface area contributed by atoms with E-state index in [1.807, 2.05) is 18.2 Å². The van der Waals surface area contributed by atoms with Crippen LogP contribution in [0, 0.1) is 0 Å². The van der Waals surface area contributed by atoms with Crippen molar-refractivity contribution in [3.05, 3.63) is 24.1 Å². The Morgan fingerprint density at radius 3 is 2.79 bits per heavy atom. The van der Waals surface area contributed by atoms with E-state index < -0.39 is 0 Å². The molecule has 1 saturated heterocycles. The topological polar surface area (TPSA) is 55.3 Å². The van der Waals surface area contributed by atoms with E-state index in [-0.39, 0.29) is 0 Å². The molecule has 2 atom stereocenters. The molecule has 1 aromatic heterocycles. The number of nitrogen functional groups attached to an aromatic ring is 1. The van der Waals surface area contributed by atoms with Crippen molar-refractivity contribution in [2.75, 3.05) is 18.8 Å². The summed E-state index contributed by atoms with van der Waals surface area (Å²) in [6, 6.07) is 5.67. The molecular weight excluding hydrogens is 258 g/mol. The lowest BCUT2D eigenvalue weighted by Crippen LogP contribution is -2.39. The molecule has 19 heavy (non-hydrogen) atoms. The Bertz CT molecular complexity index is 573. The van der Waals surface area contributed by atoms with Crippen LogP contribution in [0.3, 0.4) is 0 Å². The number of hydrogen-bond acceptors (Lipinski definition) is 5. The fraction of sp³-hybridized carbons (Fsp3) is 0.500. The highest BCUT2D eigenvalue weighted by atomic mass is 32.2. The van der Waals surface area contributed by atoms with Crippen LogP contribution in [0.2, 0.25) is 0 Å². The van der Waals surface area contributed by atoms with Crippen molar-refractivity contribution in [1.29, 1.82) is 0 Å². The van der Waals surface area contributed by atoms with E-state index in [1.54, 1.807) is 0 Å². The summed E-state index contributed by atoms with van der Waals surface area (Å²) < 4.78 is 5.78. The fourth-order valence-corrected chi connectivity index (χ4v) is 4.08. The van der Waals surface area contributed by atoms with Crippen molar-refractivity contribution >= 4 is 28.5 Å². The monoisotopic (exact) mass is 277 g/mol. The number of aromatic nitrogens is 1. The van der Waals surface area contributed by atoms with Gasteiger partial charge in [0, 0.05) is 23.6 Å². The predicted molar refractivity (Wildman–Crippen MR) is 80.2 cm³/mol. The van der Waals surface area contributed by atoms with Crippen molar-refractivity contribution in [3.63, 3.8) is 0 Å². The molecule has 0 aliphatic carbocycles. The summed E-state index contributed by atoms with van der Waals surface area (Å²) in [6.45, 7) is 7.49. The molecule has 102 valence electrons.